The Morgan fingerprint density at radius 2 is 2.21 bits per heavy atom. The number of hydrogen-bond acceptors (Lipinski definition) is 4. The highest BCUT2D eigenvalue weighted by atomic mass is 16.5. The fourth-order valence-electron chi connectivity index (χ4n) is 1.79. The number of aromatic nitrogens is 3. The third kappa shape index (κ3) is 2.93. The summed E-state index contributed by atoms with van der Waals surface area (Å²) >= 11 is 0. The van der Waals surface area contributed by atoms with Crippen LogP contribution >= 0.6 is 0 Å². The Hall–Kier alpha value is -2.31. The van der Waals surface area contributed by atoms with Gasteiger partial charge in [-0.25, -0.2) is 4.79 Å². The monoisotopic (exact) mass is 263 g/mol. The van der Waals surface area contributed by atoms with Gasteiger partial charge in [-0.2, -0.15) is 5.10 Å². The van der Waals surface area contributed by atoms with Crippen molar-refractivity contribution in [3.63, 3.8) is 0 Å². The van der Waals surface area contributed by atoms with Crippen LogP contribution in [0.2, 0.25) is 0 Å². The highest BCUT2D eigenvalue weighted by Gasteiger charge is 2.15. The fourth-order valence-corrected chi connectivity index (χ4v) is 1.79. The van der Waals surface area contributed by atoms with E-state index < -0.39 is 0 Å². The van der Waals surface area contributed by atoms with Crippen LogP contribution in [0.15, 0.2) is 16.8 Å². The summed E-state index contributed by atoms with van der Waals surface area (Å²) in [7, 11) is 1.86. The van der Waals surface area contributed by atoms with Crippen molar-refractivity contribution >= 4 is 11.8 Å². The lowest BCUT2D eigenvalue weighted by molar-refractivity contribution is 0.249. The van der Waals surface area contributed by atoms with E-state index >= 15 is 0 Å². The number of urea groups is 1. The molecule has 7 heteroatoms. The van der Waals surface area contributed by atoms with Gasteiger partial charge in [-0.05, 0) is 20.8 Å². The Kier molecular flexibility index (Phi) is 3.55. The number of anilines is 1. The summed E-state index contributed by atoms with van der Waals surface area (Å²) in [6, 6.07) is 1.19. The highest BCUT2D eigenvalue weighted by Crippen LogP contribution is 2.16. The molecular formula is C12H17N5O2. The second-order valence-electron chi connectivity index (χ2n) is 4.45. The Balaban J connectivity index is 1.97. The van der Waals surface area contributed by atoms with E-state index in [1.54, 1.807) is 23.9 Å². The number of hydrogen-bond donors (Lipinski definition) is 2. The SMILES string of the molecule is Cc1cc(NC(=O)N[C@@H](C)c2cnn(C)c2C)no1. The molecule has 19 heavy (non-hydrogen) atoms. The maximum absolute atomic E-state index is 11.8. The predicted octanol–water partition coefficient (Wildman–Crippen LogP) is 1.91. The van der Waals surface area contributed by atoms with Crippen LogP contribution in [0, 0.1) is 13.8 Å². The quantitative estimate of drug-likeness (QED) is 0.885. The van der Waals surface area contributed by atoms with Crippen LogP contribution in [-0.4, -0.2) is 21.0 Å². The standard InChI is InChI=1S/C12H17N5O2/c1-7-5-11(16-19-7)15-12(18)14-8(2)10-6-13-17(4)9(10)3/h5-6,8H,1-4H3,(H2,14,15,16,18)/t8-/m0/s1. The number of rotatable bonds is 3. The van der Waals surface area contributed by atoms with Gasteiger partial charge >= 0.3 is 6.03 Å². The van der Waals surface area contributed by atoms with Crippen LogP contribution in [0.5, 0.6) is 0 Å². The predicted molar refractivity (Wildman–Crippen MR) is 69.8 cm³/mol. The van der Waals surface area contributed by atoms with E-state index in [4.69, 9.17) is 4.52 Å². The zero-order valence-electron chi connectivity index (χ0n) is 11.4. The van der Waals surface area contributed by atoms with Crippen molar-refractivity contribution in [3.05, 3.63) is 29.3 Å². The number of nitrogens with one attached hydrogen (secondary N) is 2. The highest BCUT2D eigenvalue weighted by molar-refractivity contribution is 5.88. The summed E-state index contributed by atoms with van der Waals surface area (Å²) < 4.78 is 6.64. The van der Waals surface area contributed by atoms with Crippen LogP contribution in [-0.2, 0) is 7.05 Å². The number of nitrogens with zero attached hydrogens (tertiary/aromatic N) is 3. The first kappa shape index (κ1) is 13.1. The van der Waals surface area contributed by atoms with Crippen LogP contribution in [0.25, 0.3) is 0 Å². The minimum Gasteiger partial charge on any atom is -0.360 e. The van der Waals surface area contributed by atoms with Gasteiger partial charge in [0, 0.05) is 24.4 Å². The van der Waals surface area contributed by atoms with E-state index in [0.717, 1.165) is 11.3 Å². The van der Waals surface area contributed by atoms with Crippen LogP contribution in [0.1, 0.15) is 30.0 Å². The zero-order valence-corrected chi connectivity index (χ0v) is 11.4. The van der Waals surface area contributed by atoms with Crippen molar-refractivity contribution in [2.24, 2.45) is 7.05 Å². The molecule has 1 atom stereocenters. The van der Waals surface area contributed by atoms with E-state index in [1.165, 1.54) is 0 Å². The molecule has 0 unspecified atom stereocenters. The third-order valence-corrected chi connectivity index (χ3v) is 2.96. The van der Waals surface area contributed by atoms with Crippen molar-refractivity contribution in [1.82, 2.24) is 20.3 Å². The van der Waals surface area contributed by atoms with Crippen molar-refractivity contribution in [3.8, 4) is 0 Å². The molecule has 0 saturated carbocycles. The average molecular weight is 263 g/mol. The van der Waals surface area contributed by atoms with Gasteiger partial charge in [0.15, 0.2) is 5.82 Å². The van der Waals surface area contributed by atoms with Gasteiger partial charge in [0.1, 0.15) is 5.76 Å². The molecule has 2 aromatic heterocycles. The molecule has 102 valence electrons. The first-order valence-electron chi connectivity index (χ1n) is 5.96. The Bertz CT molecular complexity index is 587. The van der Waals surface area contributed by atoms with E-state index in [0.29, 0.717) is 11.6 Å². The van der Waals surface area contributed by atoms with E-state index in [9.17, 15) is 4.79 Å². The van der Waals surface area contributed by atoms with Crippen LogP contribution < -0.4 is 10.6 Å². The van der Waals surface area contributed by atoms with Crippen molar-refractivity contribution < 1.29 is 9.32 Å². The Morgan fingerprint density at radius 3 is 2.74 bits per heavy atom. The molecule has 2 amide bonds. The molecule has 0 aliphatic heterocycles. The lowest BCUT2D eigenvalue weighted by Gasteiger charge is -2.13. The number of amides is 2. The summed E-state index contributed by atoms with van der Waals surface area (Å²) in [5, 5.41) is 13.3. The lowest BCUT2D eigenvalue weighted by Crippen LogP contribution is -2.31. The minimum atomic E-state index is -0.330. The summed E-state index contributed by atoms with van der Waals surface area (Å²) in [6.07, 6.45) is 1.75. The van der Waals surface area contributed by atoms with Gasteiger partial charge in [-0.3, -0.25) is 10.00 Å². The van der Waals surface area contributed by atoms with Crippen molar-refractivity contribution in [1.29, 1.82) is 0 Å². The normalized spacial score (nSPS) is 12.2. The van der Waals surface area contributed by atoms with Gasteiger partial charge in [0.2, 0.25) is 0 Å². The third-order valence-electron chi connectivity index (χ3n) is 2.96. The molecule has 0 fully saturated rings. The topological polar surface area (TPSA) is 85.0 Å². The molecule has 2 heterocycles. The average Bonchev–Trinajstić information content (AvgIpc) is 2.87. The number of aryl methyl sites for hydroxylation is 2. The smallest absolute Gasteiger partial charge is 0.320 e. The first-order chi connectivity index (χ1) is 8.97. The van der Waals surface area contributed by atoms with E-state index in [2.05, 4.69) is 20.9 Å². The van der Waals surface area contributed by atoms with Crippen LogP contribution in [0.4, 0.5) is 10.6 Å². The molecule has 0 saturated heterocycles. The molecule has 7 nitrogen and oxygen atoms in total. The molecule has 0 aliphatic rings. The molecule has 2 aromatic rings. The maximum atomic E-state index is 11.8. The lowest BCUT2D eigenvalue weighted by atomic mass is 10.1. The Labute approximate surface area is 111 Å². The summed E-state index contributed by atoms with van der Waals surface area (Å²) in [5.74, 6) is 1.04. The van der Waals surface area contributed by atoms with Gasteiger partial charge in [0.05, 0.1) is 12.2 Å². The summed E-state index contributed by atoms with van der Waals surface area (Å²) in [5.41, 5.74) is 2.00. The largest absolute Gasteiger partial charge is 0.360 e. The molecule has 0 aliphatic carbocycles. The molecule has 0 spiro atoms. The molecule has 2 rings (SSSR count). The van der Waals surface area contributed by atoms with Gasteiger partial charge < -0.3 is 9.84 Å². The molecular weight excluding hydrogens is 246 g/mol. The number of carbonyl (C=O) groups is 1. The Morgan fingerprint density at radius 1 is 1.47 bits per heavy atom. The van der Waals surface area contributed by atoms with Crippen molar-refractivity contribution in [2.75, 3.05) is 5.32 Å². The van der Waals surface area contributed by atoms with Crippen molar-refractivity contribution in [2.45, 2.75) is 26.8 Å². The van der Waals surface area contributed by atoms with Gasteiger partial charge in [-0.15, -0.1) is 0 Å². The maximum Gasteiger partial charge on any atom is 0.320 e. The second-order valence-corrected chi connectivity index (χ2v) is 4.45. The molecule has 0 radical (unpaired) electrons. The van der Waals surface area contributed by atoms with E-state index in [1.807, 2.05) is 20.9 Å². The molecule has 0 aromatic carbocycles. The molecule has 0 bridgehead atoms. The minimum absolute atomic E-state index is 0.137. The van der Waals surface area contributed by atoms with Gasteiger partial charge in [0.25, 0.3) is 0 Å². The second kappa shape index (κ2) is 5.13. The first-order valence-corrected chi connectivity index (χ1v) is 5.96. The van der Waals surface area contributed by atoms with Crippen LogP contribution in [0.3, 0.4) is 0 Å². The zero-order chi connectivity index (χ0) is 14.0. The summed E-state index contributed by atoms with van der Waals surface area (Å²) in [6.45, 7) is 5.62. The fraction of sp³-hybridized carbons (Fsp3) is 0.417. The number of carbonyl (C=O) groups excluding carboxylic acids is 1. The molecule has 2 N–H and O–H groups in total. The summed E-state index contributed by atoms with van der Waals surface area (Å²) in [4.78, 5) is 11.8. The van der Waals surface area contributed by atoms with Gasteiger partial charge in [-0.1, -0.05) is 5.16 Å². The van der Waals surface area contributed by atoms with E-state index in [-0.39, 0.29) is 12.1 Å².